The molecular formula is C15H21N3O3. The predicted molar refractivity (Wildman–Crippen MR) is 81.5 cm³/mol. The van der Waals surface area contributed by atoms with Crippen LogP contribution in [-0.4, -0.2) is 29.4 Å². The highest BCUT2D eigenvalue weighted by atomic mass is 16.5. The van der Waals surface area contributed by atoms with Gasteiger partial charge >= 0.3 is 0 Å². The molecule has 6 heteroatoms. The zero-order chi connectivity index (χ0) is 15.6. The third-order valence-corrected chi connectivity index (χ3v) is 3.30. The summed E-state index contributed by atoms with van der Waals surface area (Å²) in [5.41, 5.74) is 10.3. The fourth-order valence-corrected chi connectivity index (χ4v) is 2.23. The van der Waals surface area contributed by atoms with Crippen molar-refractivity contribution in [2.75, 3.05) is 12.5 Å². The molecule has 1 unspecified atom stereocenters. The molecule has 2 rings (SSSR count). The molecule has 0 radical (unpaired) electrons. The number of ether oxygens (including phenoxy) is 1. The maximum atomic E-state index is 11.3. The molecule has 0 fully saturated rings. The minimum absolute atomic E-state index is 0.371. The van der Waals surface area contributed by atoms with Gasteiger partial charge < -0.3 is 15.6 Å². The third-order valence-electron chi connectivity index (χ3n) is 3.30. The van der Waals surface area contributed by atoms with Gasteiger partial charge in [0, 0.05) is 17.3 Å². The number of fused-ring (bicyclic) bond motifs is 1. The average molecular weight is 291 g/mol. The molecule has 1 aromatic rings. The summed E-state index contributed by atoms with van der Waals surface area (Å²) in [5.74, 6) is 0.370. The summed E-state index contributed by atoms with van der Waals surface area (Å²) in [6, 6.07) is 3.27. The molecule has 0 aromatic heterocycles. The van der Waals surface area contributed by atoms with Gasteiger partial charge in [0.1, 0.15) is 17.7 Å². The molecule has 0 spiro atoms. The van der Waals surface area contributed by atoms with Gasteiger partial charge in [-0.2, -0.15) is 0 Å². The minimum Gasteiger partial charge on any atom is -0.494 e. The van der Waals surface area contributed by atoms with E-state index in [1.165, 1.54) is 7.11 Å². The highest BCUT2D eigenvalue weighted by Crippen LogP contribution is 2.34. The first-order chi connectivity index (χ1) is 9.92. The summed E-state index contributed by atoms with van der Waals surface area (Å²) in [4.78, 5) is 11.3. The lowest BCUT2D eigenvalue weighted by Gasteiger charge is -2.33. The van der Waals surface area contributed by atoms with E-state index in [0.717, 1.165) is 5.56 Å². The second-order valence-corrected chi connectivity index (χ2v) is 5.45. The summed E-state index contributed by atoms with van der Waals surface area (Å²) in [6.07, 6.45) is 3.54. The summed E-state index contributed by atoms with van der Waals surface area (Å²) < 4.78 is 5.30. The van der Waals surface area contributed by atoms with E-state index in [0.29, 0.717) is 29.3 Å². The highest BCUT2D eigenvalue weighted by Gasteiger charge is 2.21. The van der Waals surface area contributed by atoms with Gasteiger partial charge in [0.05, 0.1) is 7.11 Å². The normalized spacial score (nSPS) is 14.6. The molecule has 114 valence electrons. The van der Waals surface area contributed by atoms with Gasteiger partial charge in [0.2, 0.25) is 5.91 Å². The number of carbonyl (C=O) groups is 1. The quantitative estimate of drug-likeness (QED) is 0.769. The number of hydrazine groups is 1. The molecule has 1 heterocycles. The van der Waals surface area contributed by atoms with Gasteiger partial charge in [-0.3, -0.25) is 15.2 Å². The number of primary amides is 1. The van der Waals surface area contributed by atoms with Crippen LogP contribution in [-0.2, 0) is 0 Å². The summed E-state index contributed by atoms with van der Waals surface area (Å²) >= 11 is 0. The number of hydrogen-bond donors (Lipinski definition) is 3. The Morgan fingerprint density at radius 1 is 1.48 bits per heavy atom. The number of hydrogen-bond acceptors (Lipinski definition) is 5. The maximum Gasteiger partial charge on any atom is 0.248 e. The van der Waals surface area contributed by atoms with Crippen LogP contribution < -0.4 is 15.9 Å². The van der Waals surface area contributed by atoms with Crippen LogP contribution in [0.3, 0.4) is 0 Å². The second kappa shape index (κ2) is 6.05. The van der Waals surface area contributed by atoms with Crippen molar-refractivity contribution >= 4 is 17.7 Å². The predicted octanol–water partition coefficient (Wildman–Crippen LogP) is 1.77. The average Bonchev–Trinajstić information content (AvgIpc) is 2.44. The third kappa shape index (κ3) is 3.28. The molecule has 1 atom stereocenters. The number of aliphatic hydroxyl groups is 1. The summed E-state index contributed by atoms with van der Waals surface area (Å²) in [7, 11) is 1.52. The summed E-state index contributed by atoms with van der Waals surface area (Å²) in [5, 5.41) is 11.8. The molecule has 1 amide bonds. The smallest absolute Gasteiger partial charge is 0.248 e. The highest BCUT2D eigenvalue weighted by molar-refractivity contribution is 5.95. The van der Waals surface area contributed by atoms with Gasteiger partial charge in [-0.25, -0.2) is 0 Å². The Kier molecular flexibility index (Phi) is 4.37. The Balaban J connectivity index is 2.31. The van der Waals surface area contributed by atoms with E-state index < -0.39 is 12.1 Å². The van der Waals surface area contributed by atoms with Crippen LogP contribution in [0, 0.1) is 5.92 Å². The number of nitrogens with one attached hydrogen (secondary N) is 1. The number of amides is 1. The van der Waals surface area contributed by atoms with Gasteiger partial charge in [-0.1, -0.05) is 13.8 Å². The van der Waals surface area contributed by atoms with Crippen LogP contribution >= 0.6 is 0 Å². The first-order valence-corrected chi connectivity index (χ1v) is 6.85. The molecule has 0 bridgehead atoms. The molecule has 0 saturated heterocycles. The van der Waals surface area contributed by atoms with E-state index >= 15 is 0 Å². The Hall–Kier alpha value is -2.21. The molecule has 4 N–H and O–H groups in total. The fourth-order valence-electron chi connectivity index (χ4n) is 2.23. The summed E-state index contributed by atoms with van der Waals surface area (Å²) in [6.45, 7) is 4.09. The number of methoxy groups -OCH3 is 1. The number of carbonyl (C=O) groups excluding carboxylic acids is 1. The zero-order valence-electron chi connectivity index (χ0n) is 12.5. The standard InChI is InChI=1S/C15H21N3O3/c1-9(2)6-13(19)18-5-4-10-7-11(15(16)20)8-12(21-3)14(10)17-18/h4-5,7-9,13,17,19H,6H2,1-3H3,(H2,16,20). The van der Waals surface area contributed by atoms with Crippen LogP contribution in [0.25, 0.3) is 6.08 Å². The zero-order valence-corrected chi connectivity index (χ0v) is 12.5. The lowest BCUT2D eigenvalue weighted by molar-refractivity contribution is 0.0359. The topological polar surface area (TPSA) is 87.8 Å². The first kappa shape index (κ1) is 15.2. The first-order valence-electron chi connectivity index (χ1n) is 6.85. The molecule has 1 aliphatic heterocycles. The van der Waals surface area contributed by atoms with Crippen LogP contribution in [0.5, 0.6) is 5.75 Å². The second-order valence-electron chi connectivity index (χ2n) is 5.45. The van der Waals surface area contributed by atoms with E-state index in [4.69, 9.17) is 10.5 Å². The molecule has 6 nitrogen and oxygen atoms in total. The fraction of sp³-hybridized carbons (Fsp3) is 0.400. The Labute approximate surface area is 124 Å². The molecule has 0 saturated carbocycles. The van der Waals surface area contributed by atoms with Gasteiger partial charge in [-0.05, 0) is 30.5 Å². The number of aliphatic hydroxyl groups excluding tert-OH is 1. The monoisotopic (exact) mass is 291 g/mol. The van der Waals surface area contributed by atoms with Gasteiger partial charge in [-0.15, -0.1) is 0 Å². The van der Waals surface area contributed by atoms with E-state index in [1.54, 1.807) is 23.3 Å². The van der Waals surface area contributed by atoms with E-state index in [1.807, 2.05) is 19.9 Å². The molecule has 21 heavy (non-hydrogen) atoms. The lowest BCUT2D eigenvalue weighted by Crippen LogP contribution is -2.38. The Morgan fingerprint density at radius 3 is 2.76 bits per heavy atom. The largest absolute Gasteiger partial charge is 0.494 e. The lowest BCUT2D eigenvalue weighted by atomic mass is 10.1. The number of rotatable bonds is 5. The van der Waals surface area contributed by atoms with Crippen LogP contribution in [0.4, 0.5) is 5.69 Å². The van der Waals surface area contributed by atoms with Crippen LogP contribution in [0.2, 0.25) is 0 Å². The van der Waals surface area contributed by atoms with Crippen molar-refractivity contribution in [1.82, 2.24) is 5.01 Å². The Bertz CT molecular complexity index is 570. The number of benzene rings is 1. The van der Waals surface area contributed by atoms with Crippen molar-refractivity contribution in [3.8, 4) is 5.75 Å². The van der Waals surface area contributed by atoms with Crippen molar-refractivity contribution in [1.29, 1.82) is 0 Å². The number of anilines is 1. The van der Waals surface area contributed by atoms with Crippen molar-refractivity contribution < 1.29 is 14.6 Å². The van der Waals surface area contributed by atoms with Crippen molar-refractivity contribution in [3.05, 3.63) is 29.5 Å². The molecule has 1 aromatic carbocycles. The number of nitrogens with two attached hydrogens (primary N) is 1. The minimum atomic E-state index is -0.644. The number of nitrogens with zero attached hydrogens (tertiary/aromatic N) is 1. The van der Waals surface area contributed by atoms with Gasteiger partial charge in [0.25, 0.3) is 0 Å². The van der Waals surface area contributed by atoms with Gasteiger partial charge in [0.15, 0.2) is 0 Å². The molecular weight excluding hydrogens is 270 g/mol. The van der Waals surface area contributed by atoms with Crippen LogP contribution in [0.15, 0.2) is 18.3 Å². The van der Waals surface area contributed by atoms with Crippen molar-refractivity contribution in [3.63, 3.8) is 0 Å². The SMILES string of the molecule is COc1cc(C(N)=O)cc2c1NN(C(O)CC(C)C)C=C2. The molecule has 1 aliphatic rings. The molecule has 0 aliphatic carbocycles. The van der Waals surface area contributed by atoms with Crippen molar-refractivity contribution in [2.24, 2.45) is 11.7 Å². The van der Waals surface area contributed by atoms with Crippen molar-refractivity contribution in [2.45, 2.75) is 26.5 Å². The van der Waals surface area contributed by atoms with E-state index in [-0.39, 0.29) is 0 Å². The Morgan fingerprint density at radius 2 is 2.19 bits per heavy atom. The van der Waals surface area contributed by atoms with E-state index in [2.05, 4.69) is 5.43 Å². The van der Waals surface area contributed by atoms with E-state index in [9.17, 15) is 9.90 Å². The maximum absolute atomic E-state index is 11.3. The van der Waals surface area contributed by atoms with Crippen LogP contribution in [0.1, 0.15) is 36.2 Å².